The Bertz CT molecular complexity index is 1130. The van der Waals surface area contributed by atoms with Crippen LogP contribution in [0, 0.1) is 0 Å². The van der Waals surface area contributed by atoms with Gasteiger partial charge in [0.15, 0.2) is 0 Å². The van der Waals surface area contributed by atoms with Crippen molar-refractivity contribution in [1.82, 2.24) is 15.3 Å². The quantitative estimate of drug-likeness (QED) is 0.613. The predicted octanol–water partition coefficient (Wildman–Crippen LogP) is 4.58. The van der Waals surface area contributed by atoms with Gasteiger partial charge >= 0.3 is 6.09 Å². The van der Waals surface area contributed by atoms with E-state index in [0.717, 1.165) is 59.5 Å². The van der Waals surface area contributed by atoms with Crippen molar-refractivity contribution in [2.45, 2.75) is 83.5 Å². The number of hydrogen-bond acceptors (Lipinski definition) is 8. The van der Waals surface area contributed by atoms with Crippen molar-refractivity contribution in [1.29, 1.82) is 0 Å². The molecule has 2 aliphatic rings. The summed E-state index contributed by atoms with van der Waals surface area (Å²) >= 11 is 0. The number of nitrogens with two attached hydrogens (primary N) is 1. The van der Waals surface area contributed by atoms with Crippen molar-refractivity contribution in [3.63, 3.8) is 0 Å². The third-order valence-electron chi connectivity index (χ3n) is 6.48. The maximum absolute atomic E-state index is 12.1. The first-order chi connectivity index (χ1) is 16.5. The van der Waals surface area contributed by atoms with E-state index in [1.807, 2.05) is 52.8 Å². The minimum absolute atomic E-state index is 0.0643. The van der Waals surface area contributed by atoms with Gasteiger partial charge in [-0.25, -0.2) is 14.8 Å². The molecule has 1 saturated carbocycles. The lowest BCUT2D eigenvalue weighted by Gasteiger charge is -2.35. The van der Waals surface area contributed by atoms with Gasteiger partial charge in [-0.05, 0) is 78.5 Å². The molecule has 0 bridgehead atoms. The summed E-state index contributed by atoms with van der Waals surface area (Å²) in [5, 5.41) is 7.34. The van der Waals surface area contributed by atoms with Crippen LogP contribution in [0.4, 0.5) is 10.6 Å². The van der Waals surface area contributed by atoms with Crippen LogP contribution in [0.25, 0.3) is 11.3 Å². The molecule has 3 N–H and O–H groups in total. The van der Waals surface area contributed by atoms with Crippen LogP contribution in [0.5, 0.6) is 5.75 Å². The number of aromatic nitrogens is 2. The van der Waals surface area contributed by atoms with Crippen molar-refractivity contribution in [2.75, 3.05) is 12.8 Å². The number of fused-ring (bicyclic) bond motifs is 3. The third kappa shape index (κ3) is 5.18. The number of amides is 1. The number of benzene rings is 1. The number of carbonyl (C=O) groups excluding carboxylic acids is 1. The highest BCUT2D eigenvalue weighted by molar-refractivity contribution is 6.15. The molecule has 4 rings (SSSR count). The Morgan fingerprint density at radius 1 is 1.14 bits per heavy atom. The van der Waals surface area contributed by atoms with Crippen molar-refractivity contribution >= 4 is 17.6 Å². The summed E-state index contributed by atoms with van der Waals surface area (Å²) in [7, 11) is 1.53. The van der Waals surface area contributed by atoms with Crippen LogP contribution < -0.4 is 15.8 Å². The van der Waals surface area contributed by atoms with E-state index in [2.05, 4.69) is 20.4 Å². The van der Waals surface area contributed by atoms with Crippen LogP contribution in [-0.4, -0.2) is 46.6 Å². The second kappa shape index (κ2) is 9.36. The Balaban J connectivity index is 1.50. The van der Waals surface area contributed by atoms with Crippen LogP contribution >= 0.6 is 0 Å². The lowest BCUT2D eigenvalue weighted by Crippen LogP contribution is -2.42. The number of rotatable bonds is 4. The van der Waals surface area contributed by atoms with E-state index in [0.29, 0.717) is 5.82 Å². The molecule has 0 saturated heterocycles. The normalized spacial score (nSPS) is 22.1. The molecule has 1 fully saturated rings. The first-order valence-corrected chi connectivity index (χ1v) is 12.0. The summed E-state index contributed by atoms with van der Waals surface area (Å²) in [6.45, 7) is 9.67. The largest absolute Gasteiger partial charge is 0.490 e. The minimum Gasteiger partial charge on any atom is -0.490 e. The molecule has 0 unspecified atom stereocenters. The zero-order valence-corrected chi connectivity index (χ0v) is 21.3. The van der Waals surface area contributed by atoms with E-state index in [9.17, 15) is 4.79 Å². The van der Waals surface area contributed by atoms with Crippen LogP contribution in [0.1, 0.15) is 71.4 Å². The molecule has 0 aliphatic heterocycles. The van der Waals surface area contributed by atoms with E-state index in [-0.39, 0.29) is 18.2 Å². The molecule has 1 aromatic heterocycles. The number of nitrogens with one attached hydrogen (secondary N) is 1. The molecule has 1 heterocycles. The molecule has 1 amide bonds. The first-order valence-electron chi connectivity index (χ1n) is 12.0. The van der Waals surface area contributed by atoms with Gasteiger partial charge in [-0.1, -0.05) is 5.16 Å². The summed E-state index contributed by atoms with van der Waals surface area (Å²) in [5.41, 5.74) is 9.41. The molecule has 0 radical (unpaired) electrons. The van der Waals surface area contributed by atoms with Gasteiger partial charge < -0.3 is 25.4 Å². The van der Waals surface area contributed by atoms with Gasteiger partial charge in [0.05, 0.1) is 17.5 Å². The molecule has 0 atom stereocenters. The lowest BCUT2D eigenvalue weighted by molar-refractivity contribution is 0.0471. The lowest BCUT2D eigenvalue weighted by atomic mass is 9.70. The number of anilines is 1. The fraction of sp³-hybridized carbons (Fsp3) is 0.538. The molecular weight excluding hydrogens is 446 g/mol. The van der Waals surface area contributed by atoms with Gasteiger partial charge in [0.2, 0.25) is 0 Å². The Labute approximate surface area is 206 Å². The number of nitrogens with zero attached hydrogens (tertiary/aromatic N) is 3. The second-order valence-electron chi connectivity index (χ2n) is 10.7. The molecule has 9 heteroatoms. The molecule has 0 spiro atoms. The molecule has 2 aromatic rings. The van der Waals surface area contributed by atoms with Crippen LogP contribution in [0.3, 0.4) is 0 Å². The third-order valence-corrected chi connectivity index (χ3v) is 6.48. The molecular formula is C26H35N5O4. The van der Waals surface area contributed by atoms with Gasteiger partial charge in [0.25, 0.3) is 0 Å². The summed E-state index contributed by atoms with van der Waals surface area (Å²) < 4.78 is 11.7. The minimum atomic E-state index is -0.548. The highest BCUT2D eigenvalue weighted by Crippen LogP contribution is 2.45. The number of ether oxygens (including phenoxy) is 2. The number of nitrogen functional groups attached to an aromatic ring is 1. The van der Waals surface area contributed by atoms with Gasteiger partial charge in [-0.3, -0.25) is 0 Å². The zero-order chi connectivity index (χ0) is 25.4. The summed E-state index contributed by atoms with van der Waals surface area (Å²) in [5.74, 6) is 1.20. The molecule has 35 heavy (non-hydrogen) atoms. The second-order valence-corrected chi connectivity index (χ2v) is 10.7. The SMILES string of the molecule is CO/N=C1\c2cc(O[C@H]3CC[C@H](NC(=O)OC(C)(C)C)CC3)ccc2-c2ncnc(N)c2C1(C)C. The van der Waals surface area contributed by atoms with Crippen LogP contribution in [0.2, 0.25) is 0 Å². The predicted molar refractivity (Wildman–Crippen MR) is 134 cm³/mol. The maximum Gasteiger partial charge on any atom is 0.407 e. The Hall–Kier alpha value is -3.36. The van der Waals surface area contributed by atoms with Crippen molar-refractivity contribution in [2.24, 2.45) is 5.16 Å². The monoisotopic (exact) mass is 481 g/mol. The Kier molecular flexibility index (Phi) is 6.62. The van der Waals surface area contributed by atoms with Gasteiger partial charge in [-0.15, -0.1) is 0 Å². The van der Waals surface area contributed by atoms with Crippen molar-refractivity contribution < 1.29 is 19.1 Å². The Morgan fingerprint density at radius 2 is 1.86 bits per heavy atom. The topological polar surface area (TPSA) is 121 Å². The molecule has 188 valence electrons. The number of oxime groups is 1. The smallest absolute Gasteiger partial charge is 0.407 e. The van der Waals surface area contributed by atoms with Gasteiger partial charge in [-0.2, -0.15) is 0 Å². The van der Waals surface area contributed by atoms with E-state index in [4.69, 9.17) is 20.0 Å². The molecule has 9 nitrogen and oxygen atoms in total. The number of carbonyl (C=O) groups is 1. The Morgan fingerprint density at radius 3 is 2.51 bits per heavy atom. The number of alkyl carbamates (subject to hydrolysis) is 1. The van der Waals surface area contributed by atoms with Crippen molar-refractivity contribution in [3.05, 3.63) is 35.7 Å². The fourth-order valence-electron chi connectivity index (χ4n) is 4.92. The highest BCUT2D eigenvalue weighted by atomic mass is 16.6. The maximum atomic E-state index is 12.1. The highest BCUT2D eigenvalue weighted by Gasteiger charge is 2.41. The van der Waals surface area contributed by atoms with E-state index in [1.165, 1.54) is 13.4 Å². The van der Waals surface area contributed by atoms with Crippen LogP contribution in [0.15, 0.2) is 29.7 Å². The number of hydrogen-bond donors (Lipinski definition) is 2. The van der Waals surface area contributed by atoms with Crippen LogP contribution in [-0.2, 0) is 15.0 Å². The molecule has 2 aliphatic carbocycles. The summed E-state index contributed by atoms with van der Waals surface area (Å²) in [4.78, 5) is 26.0. The van der Waals surface area contributed by atoms with E-state index in [1.54, 1.807) is 0 Å². The van der Waals surface area contributed by atoms with Gasteiger partial charge in [0.1, 0.15) is 30.6 Å². The fourth-order valence-corrected chi connectivity index (χ4v) is 4.92. The van der Waals surface area contributed by atoms with Gasteiger partial charge in [0, 0.05) is 28.1 Å². The molecule has 1 aromatic carbocycles. The van der Waals surface area contributed by atoms with E-state index < -0.39 is 11.0 Å². The average molecular weight is 482 g/mol. The zero-order valence-electron chi connectivity index (χ0n) is 21.3. The first kappa shape index (κ1) is 24.8. The van der Waals surface area contributed by atoms with E-state index >= 15 is 0 Å². The summed E-state index contributed by atoms with van der Waals surface area (Å²) in [6.07, 6.45) is 4.54. The standard InChI is InChI=1S/C26H35N5O4/c1-25(2,3)35-24(32)30-15-7-9-16(10-8-15)34-17-11-12-18-19(13-17)22(31-33-6)26(4,5)20-21(18)28-14-29-23(20)27/h11-16H,7-10H2,1-6H3,(H,30,32)(H2,27,28,29)/b31-22+/t15-,16-. The summed E-state index contributed by atoms with van der Waals surface area (Å²) in [6, 6.07) is 6.04. The average Bonchev–Trinajstić information content (AvgIpc) is 2.76. The van der Waals surface area contributed by atoms with Crippen molar-refractivity contribution in [3.8, 4) is 17.0 Å².